The van der Waals surface area contributed by atoms with Crippen molar-refractivity contribution in [1.29, 1.82) is 0 Å². The molecule has 1 N–H and O–H groups in total. The molecule has 0 saturated carbocycles. The van der Waals surface area contributed by atoms with E-state index < -0.39 is 48.4 Å². The molecule has 3 heteroatoms. The second-order valence-electron chi connectivity index (χ2n) is 1.89. The molecular formula is C8H9NO2. The zero-order valence-electron chi connectivity index (χ0n) is 13.3. The second-order valence-corrected chi connectivity index (χ2v) is 1.89. The van der Waals surface area contributed by atoms with Crippen molar-refractivity contribution in [2.45, 2.75) is 5.89 Å². The maximum atomic E-state index is 11.4. The van der Waals surface area contributed by atoms with Gasteiger partial charge in [-0.05, 0) is 11.6 Å². The van der Waals surface area contributed by atoms with E-state index in [1.807, 2.05) is 4.98 Å². The molecule has 11 heavy (non-hydrogen) atoms. The van der Waals surface area contributed by atoms with Crippen molar-refractivity contribution in [3.63, 3.8) is 0 Å². The van der Waals surface area contributed by atoms with Crippen LogP contribution in [0.15, 0.2) is 23.1 Å². The number of hydrogen-bond donors (Lipinski definition) is 1. The summed E-state index contributed by atoms with van der Waals surface area (Å²) in [5.74, 6) is -2.75. The van der Waals surface area contributed by atoms with Crippen LogP contribution in [-0.2, 0) is 4.74 Å². The molecule has 1 fully saturated rings. The van der Waals surface area contributed by atoms with Crippen molar-refractivity contribution in [3.05, 3.63) is 34.2 Å². The Morgan fingerprint density at radius 1 is 1.91 bits per heavy atom. The highest BCUT2D eigenvalue weighted by atomic mass is 16.5. The van der Waals surface area contributed by atoms with E-state index in [2.05, 4.69) is 4.74 Å². The minimum absolute atomic E-state index is 0.707. The molecule has 0 aromatic carbocycles. The molecular weight excluding hydrogens is 142 g/mol. The van der Waals surface area contributed by atoms with Crippen LogP contribution in [0.3, 0.4) is 0 Å². The lowest BCUT2D eigenvalue weighted by Gasteiger charge is -2.25. The summed E-state index contributed by atoms with van der Waals surface area (Å²) in [6, 6.07) is -1.68. The zero-order chi connectivity index (χ0) is 14.8. The van der Waals surface area contributed by atoms with E-state index in [0.29, 0.717) is 0 Å². The van der Waals surface area contributed by atoms with Gasteiger partial charge in [0.15, 0.2) is 0 Å². The summed E-state index contributed by atoms with van der Waals surface area (Å²) in [4.78, 5) is 13.3. The number of pyridine rings is 1. The molecule has 0 amide bonds. The third kappa shape index (κ3) is 1.19. The molecule has 0 radical (unpaired) electrons. The van der Waals surface area contributed by atoms with Gasteiger partial charge in [0.05, 0.1) is 22.7 Å². The minimum atomic E-state index is -2.80. The lowest BCUT2D eigenvalue weighted by atomic mass is 9.99. The SMILES string of the molecule is [2H]c1[nH]c(=O)c([2H])c(C2([2H])C([2H])([2H])OC2([2H])[2H])c1[2H]. The molecule has 0 unspecified atom stereocenters. The van der Waals surface area contributed by atoms with Gasteiger partial charge < -0.3 is 9.72 Å². The van der Waals surface area contributed by atoms with Crippen LogP contribution in [0.1, 0.15) is 22.4 Å². The fraction of sp³-hybridized carbons (Fsp3) is 0.375. The Bertz CT molecular complexity index is 596. The van der Waals surface area contributed by atoms with Gasteiger partial charge in [0.2, 0.25) is 5.56 Å². The quantitative estimate of drug-likeness (QED) is 0.648. The van der Waals surface area contributed by atoms with E-state index >= 15 is 0 Å². The smallest absolute Gasteiger partial charge is 0.248 e. The molecule has 58 valence electrons. The van der Waals surface area contributed by atoms with Gasteiger partial charge >= 0.3 is 0 Å². The molecule has 1 aromatic rings. The normalized spacial score (nSPS) is 40.4. The third-order valence-corrected chi connectivity index (χ3v) is 1.16. The van der Waals surface area contributed by atoms with Gasteiger partial charge in [-0.15, -0.1) is 0 Å². The van der Waals surface area contributed by atoms with E-state index in [1.54, 1.807) is 0 Å². The lowest BCUT2D eigenvalue weighted by Crippen LogP contribution is -2.26. The minimum Gasteiger partial charge on any atom is -0.380 e. The Kier molecular flexibility index (Phi) is 0.502. The fourth-order valence-electron chi connectivity index (χ4n) is 0.656. The summed E-state index contributed by atoms with van der Waals surface area (Å²) in [5.41, 5.74) is -1.87. The maximum absolute atomic E-state index is 11.4. The number of H-pyrrole nitrogens is 1. The number of rotatable bonds is 1. The highest BCUT2D eigenvalue weighted by Crippen LogP contribution is 2.21. The van der Waals surface area contributed by atoms with Gasteiger partial charge in [-0.1, -0.05) is 0 Å². The zero-order valence-corrected chi connectivity index (χ0v) is 5.32. The molecule has 0 atom stereocenters. The Morgan fingerprint density at radius 3 is 3.45 bits per heavy atom. The van der Waals surface area contributed by atoms with Gasteiger partial charge in [0, 0.05) is 19.5 Å². The molecule has 0 bridgehead atoms. The monoisotopic (exact) mass is 159 g/mol. The molecule has 1 aliphatic heterocycles. The molecule has 2 rings (SSSR count). The predicted octanol–water partition coefficient (Wildman–Crippen LogP) is 0.489. The number of nitrogens with one attached hydrogen (secondary N) is 1. The average Bonchev–Trinajstić information content (AvgIpc) is 2.24. The summed E-state index contributed by atoms with van der Waals surface area (Å²) in [6.07, 6.45) is -0.707. The van der Waals surface area contributed by atoms with Gasteiger partial charge in [-0.3, -0.25) is 4.79 Å². The Hall–Kier alpha value is -1.09. The van der Waals surface area contributed by atoms with Crippen molar-refractivity contribution in [2.75, 3.05) is 13.1 Å². The van der Waals surface area contributed by atoms with Crippen molar-refractivity contribution in [3.8, 4) is 0 Å². The highest BCUT2D eigenvalue weighted by Gasteiger charge is 2.20. The van der Waals surface area contributed by atoms with Crippen LogP contribution in [0, 0.1) is 0 Å². The van der Waals surface area contributed by atoms with Gasteiger partial charge in [0.25, 0.3) is 0 Å². The number of ether oxygens (including phenoxy) is 1. The Labute approximate surface area is 75.3 Å². The van der Waals surface area contributed by atoms with E-state index in [1.165, 1.54) is 0 Å². The predicted molar refractivity (Wildman–Crippen MR) is 40.6 cm³/mol. The first kappa shape index (κ1) is 2.20. The average molecular weight is 159 g/mol. The lowest BCUT2D eigenvalue weighted by molar-refractivity contribution is 0.00836. The van der Waals surface area contributed by atoms with Crippen LogP contribution in [0.5, 0.6) is 0 Å². The summed E-state index contributed by atoms with van der Waals surface area (Å²) in [6.45, 7) is -5.61. The molecule has 1 aliphatic rings. The number of aromatic nitrogens is 1. The van der Waals surface area contributed by atoms with Crippen molar-refractivity contribution >= 4 is 0 Å². The van der Waals surface area contributed by atoms with E-state index in [4.69, 9.17) is 11.0 Å². The third-order valence-electron chi connectivity index (χ3n) is 1.16. The highest BCUT2D eigenvalue weighted by molar-refractivity contribution is 5.17. The summed E-state index contributed by atoms with van der Waals surface area (Å²) >= 11 is 0. The van der Waals surface area contributed by atoms with Crippen molar-refractivity contribution < 1.29 is 15.7 Å². The van der Waals surface area contributed by atoms with Crippen LogP contribution in [0.25, 0.3) is 0 Å². The van der Waals surface area contributed by atoms with Crippen LogP contribution in [0.4, 0.5) is 0 Å². The molecule has 1 saturated heterocycles. The fourth-order valence-corrected chi connectivity index (χ4v) is 0.656. The van der Waals surface area contributed by atoms with E-state index in [0.717, 1.165) is 0 Å². The van der Waals surface area contributed by atoms with Crippen molar-refractivity contribution in [2.24, 2.45) is 0 Å². The second kappa shape index (κ2) is 2.51. The van der Waals surface area contributed by atoms with Crippen LogP contribution >= 0.6 is 0 Å². The largest absolute Gasteiger partial charge is 0.380 e. The summed E-state index contributed by atoms with van der Waals surface area (Å²) in [5, 5.41) is 0. The first-order valence-electron chi connectivity index (χ1n) is 6.86. The van der Waals surface area contributed by atoms with E-state index in [9.17, 15) is 4.79 Å². The Balaban J connectivity index is 2.82. The summed E-state index contributed by atoms with van der Waals surface area (Å²) in [7, 11) is 0. The van der Waals surface area contributed by atoms with Crippen molar-refractivity contribution in [1.82, 2.24) is 4.98 Å². The molecule has 0 spiro atoms. The summed E-state index contributed by atoms with van der Waals surface area (Å²) < 4.78 is 64.4. The van der Waals surface area contributed by atoms with Crippen LogP contribution in [-0.4, -0.2) is 18.1 Å². The standard InChI is InChI=1S/C8H9NO2/c10-8-3-6(1-2-9-8)7-4-11-5-7/h1-3,7H,4-5H2,(H,9,10)/i1D,2D,3D,4D2,5D2,7D. The van der Waals surface area contributed by atoms with Gasteiger partial charge in [0.1, 0.15) is 0 Å². The van der Waals surface area contributed by atoms with E-state index in [-0.39, 0.29) is 0 Å². The topological polar surface area (TPSA) is 42.1 Å². The first-order chi connectivity index (χ1) is 8.46. The Morgan fingerprint density at radius 2 is 2.73 bits per heavy atom. The molecule has 3 nitrogen and oxygen atoms in total. The maximum Gasteiger partial charge on any atom is 0.248 e. The first-order valence-corrected chi connectivity index (χ1v) is 2.86. The van der Waals surface area contributed by atoms with Crippen LogP contribution in [0.2, 0.25) is 0 Å². The molecule has 2 heterocycles. The van der Waals surface area contributed by atoms with Gasteiger partial charge in [-0.2, -0.15) is 0 Å². The van der Waals surface area contributed by atoms with Crippen LogP contribution < -0.4 is 5.56 Å². The van der Waals surface area contributed by atoms with Gasteiger partial charge in [-0.25, -0.2) is 0 Å². The molecule has 1 aromatic heterocycles. The molecule has 0 aliphatic carbocycles. The number of hydrogen-bond acceptors (Lipinski definition) is 2. The number of aromatic amines is 1.